The minimum absolute atomic E-state index is 0.452. The van der Waals surface area contributed by atoms with E-state index in [1.165, 1.54) is 77.1 Å². The van der Waals surface area contributed by atoms with Gasteiger partial charge in [0.15, 0.2) is 0 Å². The fraction of sp³-hybridized carbons (Fsp3) is 0.0179. The van der Waals surface area contributed by atoms with E-state index < -0.39 is 5.41 Å². The van der Waals surface area contributed by atoms with Gasteiger partial charge in [-0.25, -0.2) is 4.98 Å². The van der Waals surface area contributed by atoms with E-state index in [1.807, 2.05) is 0 Å². The molecule has 0 radical (unpaired) electrons. The zero-order valence-corrected chi connectivity index (χ0v) is 31.7. The molecule has 0 unspecified atom stereocenters. The molecule has 0 amide bonds. The average molecular weight is 737 g/mol. The standard InChI is InChI=1S/C56H36N2/c1-4-17-37(18-5-1)55-47-33-34-52-54(53(47)45-26-11-14-29-50(45)57-55)46-27-12-15-30-51(46)58(52)42-24-16-19-38(35-42)39-31-32-44-43-25-10-13-28-48(43)56(49(44)36-39,40-20-6-2-7-21-40)41-22-8-3-9-23-41/h1-36H. The molecule has 1 aliphatic rings. The van der Waals surface area contributed by atoms with E-state index in [4.69, 9.17) is 4.98 Å². The number of para-hydroxylation sites is 2. The summed E-state index contributed by atoms with van der Waals surface area (Å²) in [6.45, 7) is 0. The maximum Gasteiger partial charge on any atom is 0.0788 e. The highest BCUT2D eigenvalue weighted by Crippen LogP contribution is 2.56. The second-order valence-electron chi connectivity index (χ2n) is 15.4. The van der Waals surface area contributed by atoms with Gasteiger partial charge in [0.1, 0.15) is 0 Å². The van der Waals surface area contributed by atoms with Crippen molar-refractivity contribution >= 4 is 43.5 Å². The quantitative estimate of drug-likeness (QED) is 0.161. The van der Waals surface area contributed by atoms with Gasteiger partial charge in [-0.05, 0) is 80.9 Å². The van der Waals surface area contributed by atoms with Gasteiger partial charge in [-0.3, -0.25) is 0 Å². The van der Waals surface area contributed by atoms with Gasteiger partial charge in [-0.2, -0.15) is 0 Å². The molecule has 11 aromatic rings. The molecule has 0 saturated heterocycles. The molecule has 0 N–H and O–H groups in total. The van der Waals surface area contributed by atoms with Crippen LogP contribution in [-0.2, 0) is 5.41 Å². The van der Waals surface area contributed by atoms with E-state index >= 15 is 0 Å². The smallest absolute Gasteiger partial charge is 0.0788 e. The van der Waals surface area contributed by atoms with Crippen molar-refractivity contribution in [3.05, 3.63) is 241 Å². The van der Waals surface area contributed by atoms with Gasteiger partial charge in [0, 0.05) is 38.2 Å². The number of nitrogens with zero attached hydrogens (tertiary/aromatic N) is 2. The van der Waals surface area contributed by atoms with Gasteiger partial charge in [0.05, 0.1) is 27.7 Å². The van der Waals surface area contributed by atoms with Crippen LogP contribution in [0, 0.1) is 0 Å². The Balaban J connectivity index is 1.09. The molecule has 9 aromatic carbocycles. The zero-order valence-electron chi connectivity index (χ0n) is 31.7. The van der Waals surface area contributed by atoms with Crippen LogP contribution in [0.1, 0.15) is 22.3 Å². The minimum Gasteiger partial charge on any atom is -0.309 e. The Labute approximate surface area is 336 Å². The van der Waals surface area contributed by atoms with Crippen LogP contribution in [0.4, 0.5) is 0 Å². The normalized spacial score (nSPS) is 13.0. The monoisotopic (exact) mass is 736 g/mol. The van der Waals surface area contributed by atoms with Crippen molar-refractivity contribution in [2.24, 2.45) is 0 Å². The Morgan fingerprint density at radius 1 is 0.362 bits per heavy atom. The van der Waals surface area contributed by atoms with Crippen LogP contribution < -0.4 is 0 Å². The van der Waals surface area contributed by atoms with Gasteiger partial charge in [0.2, 0.25) is 0 Å². The summed E-state index contributed by atoms with van der Waals surface area (Å²) < 4.78 is 2.45. The van der Waals surface area contributed by atoms with Crippen LogP contribution in [0.3, 0.4) is 0 Å². The topological polar surface area (TPSA) is 17.8 Å². The van der Waals surface area contributed by atoms with Crippen molar-refractivity contribution in [1.29, 1.82) is 0 Å². The summed E-state index contributed by atoms with van der Waals surface area (Å²) in [5.41, 5.74) is 16.3. The Morgan fingerprint density at radius 2 is 0.983 bits per heavy atom. The van der Waals surface area contributed by atoms with Crippen molar-refractivity contribution < 1.29 is 0 Å². The second kappa shape index (κ2) is 12.7. The molecule has 0 atom stereocenters. The van der Waals surface area contributed by atoms with Crippen molar-refractivity contribution in [2.75, 3.05) is 0 Å². The fourth-order valence-electron chi connectivity index (χ4n) is 10.0. The Bertz CT molecular complexity index is 3340. The first-order valence-corrected chi connectivity index (χ1v) is 20.1. The molecule has 58 heavy (non-hydrogen) atoms. The summed E-state index contributed by atoms with van der Waals surface area (Å²) in [5.74, 6) is 0. The van der Waals surface area contributed by atoms with Gasteiger partial charge >= 0.3 is 0 Å². The highest BCUT2D eigenvalue weighted by atomic mass is 15.0. The molecule has 0 fully saturated rings. The van der Waals surface area contributed by atoms with Crippen molar-refractivity contribution in [1.82, 2.24) is 9.55 Å². The third-order valence-electron chi connectivity index (χ3n) is 12.4. The first-order chi connectivity index (χ1) is 28.8. The molecule has 2 nitrogen and oxygen atoms in total. The van der Waals surface area contributed by atoms with Crippen LogP contribution in [0.5, 0.6) is 0 Å². The van der Waals surface area contributed by atoms with Gasteiger partial charge < -0.3 is 4.57 Å². The third-order valence-corrected chi connectivity index (χ3v) is 12.4. The molecule has 2 heteroatoms. The number of pyridine rings is 1. The summed E-state index contributed by atoms with van der Waals surface area (Å²) in [6, 6.07) is 79.9. The van der Waals surface area contributed by atoms with E-state index in [0.717, 1.165) is 27.8 Å². The molecule has 2 aromatic heterocycles. The first-order valence-electron chi connectivity index (χ1n) is 20.1. The number of aromatic nitrogens is 2. The molecule has 0 bridgehead atoms. The highest BCUT2D eigenvalue weighted by molar-refractivity contribution is 6.29. The number of rotatable bonds is 5. The van der Waals surface area contributed by atoms with Crippen molar-refractivity contribution in [3.63, 3.8) is 0 Å². The van der Waals surface area contributed by atoms with E-state index in [0.29, 0.717) is 0 Å². The SMILES string of the molecule is c1ccc(-c2nc3ccccc3c3c2ccc2c3c3ccccc3n2-c2cccc(-c3ccc4c(c3)C(c3ccccc3)(c3ccccc3)c3ccccc3-4)c2)cc1. The molecule has 1 aliphatic carbocycles. The third kappa shape index (κ3) is 4.63. The molecule has 12 rings (SSSR count). The van der Waals surface area contributed by atoms with Crippen molar-refractivity contribution in [2.45, 2.75) is 5.41 Å². The predicted octanol–water partition coefficient (Wildman–Crippen LogP) is 14.2. The van der Waals surface area contributed by atoms with Crippen LogP contribution in [0.2, 0.25) is 0 Å². The van der Waals surface area contributed by atoms with E-state index in [9.17, 15) is 0 Å². The average Bonchev–Trinajstić information content (AvgIpc) is 3.80. The van der Waals surface area contributed by atoms with E-state index in [1.54, 1.807) is 0 Å². The lowest BCUT2D eigenvalue weighted by Gasteiger charge is -2.34. The lowest BCUT2D eigenvalue weighted by atomic mass is 9.67. The number of fused-ring (bicyclic) bond motifs is 10. The largest absolute Gasteiger partial charge is 0.309 e. The van der Waals surface area contributed by atoms with E-state index in [-0.39, 0.29) is 0 Å². The predicted molar refractivity (Wildman–Crippen MR) is 242 cm³/mol. The van der Waals surface area contributed by atoms with Crippen LogP contribution in [-0.4, -0.2) is 9.55 Å². The zero-order chi connectivity index (χ0) is 38.2. The Kier molecular flexibility index (Phi) is 7.18. The highest BCUT2D eigenvalue weighted by Gasteiger charge is 2.46. The maximum atomic E-state index is 5.25. The van der Waals surface area contributed by atoms with Crippen LogP contribution in [0.25, 0.3) is 82.7 Å². The molecule has 2 heterocycles. The lowest BCUT2D eigenvalue weighted by molar-refractivity contribution is 0.769. The molecule has 0 spiro atoms. The van der Waals surface area contributed by atoms with Crippen molar-refractivity contribution in [3.8, 4) is 39.2 Å². The lowest BCUT2D eigenvalue weighted by Crippen LogP contribution is -2.28. The summed E-state index contributed by atoms with van der Waals surface area (Å²) >= 11 is 0. The summed E-state index contributed by atoms with van der Waals surface area (Å²) in [6.07, 6.45) is 0. The molecular weight excluding hydrogens is 701 g/mol. The number of benzene rings is 9. The number of hydrogen-bond donors (Lipinski definition) is 0. The van der Waals surface area contributed by atoms with Crippen LogP contribution >= 0.6 is 0 Å². The fourth-order valence-corrected chi connectivity index (χ4v) is 10.0. The summed E-state index contributed by atoms with van der Waals surface area (Å²) in [4.78, 5) is 5.25. The van der Waals surface area contributed by atoms with Gasteiger partial charge in [-0.1, -0.05) is 182 Å². The second-order valence-corrected chi connectivity index (χ2v) is 15.4. The van der Waals surface area contributed by atoms with Gasteiger partial charge in [0.25, 0.3) is 0 Å². The number of hydrogen-bond acceptors (Lipinski definition) is 1. The Morgan fingerprint density at radius 3 is 1.78 bits per heavy atom. The minimum atomic E-state index is -0.452. The Hall–Kier alpha value is -7.55. The van der Waals surface area contributed by atoms with Crippen LogP contribution in [0.15, 0.2) is 218 Å². The van der Waals surface area contributed by atoms with E-state index in [2.05, 4.69) is 223 Å². The summed E-state index contributed by atoms with van der Waals surface area (Å²) in [7, 11) is 0. The molecule has 270 valence electrons. The molecule has 0 saturated carbocycles. The van der Waals surface area contributed by atoms with Gasteiger partial charge in [-0.15, -0.1) is 0 Å². The molecule has 0 aliphatic heterocycles. The molecular formula is C56H36N2. The maximum absolute atomic E-state index is 5.25. The summed E-state index contributed by atoms with van der Waals surface area (Å²) in [5, 5.41) is 6.05. The first kappa shape index (κ1) is 32.7.